The molecule has 1 aliphatic carbocycles. The number of carbonyl (C=O) groups excluding carboxylic acids is 5. The Kier molecular flexibility index (Phi) is 19.2. The summed E-state index contributed by atoms with van der Waals surface area (Å²) in [6.45, 7) is 11.9. The molecule has 5 N–H and O–H groups in total. The number of carboxylic acids is 1. The molecule has 17 heteroatoms. The number of ether oxygens (including phenoxy) is 1. The number of hydrogen-bond acceptors (Lipinski definition) is 8. The van der Waals surface area contributed by atoms with Gasteiger partial charge in [0.25, 0.3) is 11.8 Å². The highest BCUT2D eigenvalue weighted by atomic mass is 19.4. The number of rotatable bonds is 18. The van der Waals surface area contributed by atoms with Crippen LogP contribution in [0.4, 0.5) is 13.2 Å². The van der Waals surface area contributed by atoms with Gasteiger partial charge in [0.2, 0.25) is 17.7 Å². The number of methoxy groups -OCH3 is 1. The van der Waals surface area contributed by atoms with E-state index in [2.05, 4.69) is 20.9 Å². The lowest BCUT2D eigenvalue weighted by Crippen LogP contribution is -2.58. The summed E-state index contributed by atoms with van der Waals surface area (Å²) in [5, 5.41) is 17.3. The van der Waals surface area contributed by atoms with E-state index in [-0.39, 0.29) is 35.5 Å². The van der Waals surface area contributed by atoms with Gasteiger partial charge in [0.1, 0.15) is 23.9 Å². The molecular formula is C45H65F3N6O8. The van der Waals surface area contributed by atoms with Crippen LogP contribution in [0.5, 0.6) is 0 Å². The number of aromatic nitrogens is 1. The molecule has 0 saturated heterocycles. The van der Waals surface area contributed by atoms with Crippen molar-refractivity contribution < 1.29 is 51.8 Å². The molecule has 344 valence electrons. The maximum atomic E-state index is 14.2. The van der Waals surface area contributed by atoms with Gasteiger partial charge in [-0.3, -0.25) is 33.8 Å². The third-order valence-corrected chi connectivity index (χ3v) is 11.0. The maximum absolute atomic E-state index is 14.2. The van der Waals surface area contributed by atoms with Crippen molar-refractivity contribution in [2.45, 2.75) is 129 Å². The van der Waals surface area contributed by atoms with Gasteiger partial charge >= 0.3 is 12.1 Å². The van der Waals surface area contributed by atoms with E-state index in [4.69, 9.17) is 14.6 Å². The Labute approximate surface area is 362 Å². The van der Waals surface area contributed by atoms with Crippen LogP contribution >= 0.6 is 0 Å². The Morgan fingerprint density at radius 2 is 1.45 bits per heavy atom. The summed E-state index contributed by atoms with van der Waals surface area (Å²) in [6, 6.07) is 4.65. The maximum Gasteiger partial charge on any atom is 0.490 e. The number of carboxylic acid groups (broad SMARTS) is 1. The molecule has 1 aromatic carbocycles. The minimum atomic E-state index is -5.08. The number of aliphatic carboxylic acids is 1. The molecule has 0 spiro atoms. The molecule has 5 amide bonds. The Hall–Kier alpha value is -5.19. The highest BCUT2D eigenvalue weighted by Crippen LogP contribution is 2.30. The molecule has 5 atom stereocenters. The van der Waals surface area contributed by atoms with Crippen molar-refractivity contribution in [3.05, 3.63) is 60.0 Å². The number of halogens is 3. The first-order valence-electron chi connectivity index (χ1n) is 21.3. The van der Waals surface area contributed by atoms with Gasteiger partial charge in [0, 0.05) is 35.7 Å². The van der Waals surface area contributed by atoms with Gasteiger partial charge in [0.05, 0.1) is 19.2 Å². The standard InChI is InChI=1S/C43H64N6O6.C2HF3O2/c1-26(2)21-34(46-42(53)35(22-27(3)4)47-43(54)40(28(5)6)48(7)8)41(52)45-32(29-15-11-10-12-16-29)19-20-38(50)49-36(37(55-9)24-39(49)51)23-30-25-44-33-18-14-13-17-31(30)33;3-2(4,5)1(6)7/h13-14,17-20,24-29,32,34-36,40,44H,10-12,15-16,21-23H2,1-9H3,(H,45,52)(H,46,53)(H,47,54);(H,6,7)/b20-19+;/t32-,34+,35+,36+,40+;/m1./s1. The van der Waals surface area contributed by atoms with E-state index >= 15 is 0 Å². The highest BCUT2D eigenvalue weighted by molar-refractivity contribution is 6.08. The molecule has 0 bridgehead atoms. The van der Waals surface area contributed by atoms with Crippen molar-refractivity contribution in [3.8, 4) is 0 Å². The summed E-state index contributed by atoms with van der Waals surface area (Å²) >= 11 is 0. The predicted octanol–water partition coefficient (Wildman–Crippen LogP) is 5.88. The van der Waals surface area contributed by atoms with E-state index in [1.54, 1.807) is 6.08 Å². The summed E-state index contributed by atoms with van der Waals surface area (Å²) in [7, 11) is 5.18. The predicted molar refractivity (Wildman–Crippen MR) is 229 cm³/mol. The van der Waals surface area contributed by atoms with E-state index < -0.39 is 60.1 Å². The Morgan fingerprint density at radius 1 is 0.903 bits per heavy atom. The topological polar surface area (TPSA) is 190 Å². The number of benzene rings is 1. The zero-order chi connectivity index (χ0) is 46.5. The van der Waals surface area contributed by atoms with Crippen LogP contribution in [0.15, 0.2) is 54.4 Å². The number of para-hydroxylation sites is 1. The van der Waals surface area contributed by atoms with Crippen molar-refractivity contribution >= 4 is 46.4 Å². The van der Waals surface area contributed by atoms with Crippen LogP contribution in [0.1, 0.15) is 92.1 Å². The van der Waals surface area contributed by atoms with Crippen molar-refractivity contribution in [2.24, 2.45) is 23.7 Å². The monoisotopic (exact) mass is 874 g/mol. The molecule has 2 aliphatic rings. The quantitative estimate of drug-likeness (QED) is 0.114. The molecular weight excluding hydrogens is 810 g/mol. The van der Waals surface area contributed by atoms with Crippen LogP contribution in [0, 0.1) is 23.7 Å². The third kappa shape index (κ3) is 14.7. The average Bonchev–Trinajstić information content (AvgIpc) is 3.74. The minimum Gasteiger partial charge on any atom is -0.499 e. The normalized spacial score (nSPS) is 18.1. The summed E-state index contributed by atoms with van der Waals surface area (Å²) in [4.78, 5) is 83.8. The third-order valence-electron chi connectivity index (χ3n) is 11.0. The van der Waals surface area contributed by atoms with E-state index in [1.165, 1.54) is 24.2 Å². The number of hydrogen-bond donors (Lipinski definition) is 5. The van der Waals surface area contributed by atoms with Gasteiger partial charge in [-0.15, -0.1) is 0 Å². The van der Waals surface area contributed by atoms with E-state index in [1.807, 2.05) is 91.0 Å². The molecule has 1 fully saturated rings. The minimum absolute atomic E-state index is 0.0288. The number of fused-ring (bicyclic) bond motifs is 1. The highest BCUT2D eigenvalue weighted by Gasteiger charge is 2.39. The molecule has 1 saturated carbocycles. The zero-order valence-corrected chi connectivity index (χ0v) is 37.3. The molecule has 4 rings (SSSR count). The number of alkyl halides is 3. The molecule has 2 heterocycles. The summed E-state index contributed by atoms with van der Waals surface area (Å²) < 4.78 is 37.3. The van der Waals surface area contributed by atoms with Gasteiger partial charge in [-0.2, -0.15) is 13.2 Å². The lowest BCUT2D eigenvalue weighted by molar-refractivity contribution is -0.192. The number of nitrogens with one attached hydrogen (secondary N) is 4. The molecule has 2 aromatic rings. The number of amides is 5. The number of carbonyl (C=O) groups is 6. The van der Waals surface area contributed by atoms with Gasteiger partial charge < -0.3 is 30.8 Å². The van der Waals surface area contributed by atoms with Crippen LogP contribution in [0.2, 0.25) is 0 Å². The van der Waals surface area contributed by atoms with Crippen LogP contribution in [0.3, 0.4) is 0 Å². The second kappa shape index (κ2) is 23.3. The van der Waals surface area contributed by atoms with E-state index in [0.29, 0.717) is 25.0 Å². The molecule has 1 aliphatic heterocycles. The van der Waals surface area contributed by atoms with Crippen LogP contribution in [0.25, 0.3) is 10.9 Å². The van der Waals surface area contributed by atoms with E-state index in [0.717, 1.165) is 48.6 Å². The Morgan fingerprint density at radius 3 is 1.97 bits per heavy atom. The number of nitrogens with zero attached hydrogens (tertiary/aromatic N) is 2. The fourth-order valence-corrected chi connectivity index (χ4v) is 8.14. The van der Waals surface area contributed by atoms with Crippen molar-refractivity contribution in [1.82, 2.24) is 30.7 Å². The Balaban J connectivity index is 0.00000134. The van der Waals surface area contributed by atoms with Gasteiger partial charge in [0.15, 0.2) is 0 Å². The lowest BCUT2D eigenvalue weighted by atomic mass is 9.83. The summed E-state index contributed by atoms with van der Waals surface area (Å²) in [5.41, 5.74) is 1.92. The molecule has 0 unspecified atom stereocenters. The van der Waals surface area contributed by atoms with E-state index in [9.17, 15) is 37.1 Å². The average molecular weight is 875 g/mol. The smallest absolute Gasteiger partial charge is 0.490 e. The fourth-order valence-electron chi connectivity index (χ4n) is 8.14. The number of H-pyrrole nitrogens is 1. The molecule has 14 nitrogen and oxygen atoms in total. The number of imide groups is 1. The van der Waals surface area contributed by atoms with Crippen molar-refractivity contribution in [1.29, 1.82) is 0 Å². The van der Waals surface area contributed by atoms with Gasteiger partial charge in [-0.25, -0.2) is 4.79 Å². The van der Waals surface area contributed by atoms with Crippen molar-refractivity contribution in [2.75, 3.05) is 21.2 Å². The SMILES string of the molecule is COC1=CC(=O)N(C(=O)/C=C/[C@@H](NC(=O)[C@H](CC(C)C)NC(=O)[C@H](CC(C)C)NC(=O)[C@H](C(C)C)N(C)C)C2CCCCC2)[C@H]1Cc1c[nH]c2ccccc12.O=C(O)C(F)(F)F. The first-order valence-corrected chi connectivity index (χ1v) is 21.3. The summed E-state index contributed by atoms with van der Waals surface area (Å²) in [5.74, 6) is -3.98. The number of aromatic amines is 1. The van der Waals surface area contributed by atoms with Gasteiger partial charge in [-0.1, -0.05) is 85.1 Å². The summed E-state index contributed by atoms with van der Waals surface area (Å²) in [6.07, 6.45) is 7.31. The first kappa shape index (κ1) is 51.2. The second-order valence-corrected chi connectivity index (χ2v) is 17.5. The second-order valence-electron chi connectivity index (χ2n) is 17.5. The van der Waals surface area contributed by atoms with Crippen LogP contribution in [-0.2, 0) is 39.9 Å². The van der Waals surface area contributed by atoms with Crippen molar-refractivity contribution in [3.63, 3.8) is 0 Å². The largest absolute Gasteiger partial charge is 0.499 e. The molecule has 1 aromatic heterocycles. The van der Waals surface area contributed by atoms with Gasteiger partial charge in [-0.05, 0) is 75.1 Å². The zero-order valence-electron chi connectivity index (χ0n) is 37.3. The first-order chi connectivity index (χ1) is 29.0. The number of likely N-dealkylation sites (N-methyl/N-ethyl adjacent to an activating group) is 1. The lowest BCUT2D eigenvalue weighted by Gasteiger charge is -2.32. The Bertz CT molecular complexity index is 1910. The van der Waals surface area contributed by atoms with Crippen LogP contribution < -0.4 is 16.0 Å². The molecule has 0 radical (unpaired) electrons. The van der Waals surface area contributed by atoms with Crippen LogP contribution in [-0.4, -0.2) is 113 Å². The molecule has 62 heavy (non-hydrogen) atoms. The fraction of sp³-hybridized carbons (Fsp3) is 0.600.